The van der Waals surface area contributed by atoms with E-state index in [4.69, 9.17) is 4.74 Å². The normalized spacial score (nSPS) is 11.1. The van der Waals surface area contributed by atoms with Gasteiger partial charge in [-0.2, -0.15) is 0 Å². The van der Waals surface area contributed by atoms with Crippen molar-refractivity contribution in [3.8, 4) is 0 Å². The maximum atomic E-state index is 10.7. The molecule has 4 nitrogen and oxygen atoms in total. The van der Waals surface area contributed by atoms with E-state index in [0.29, 0.717) is 11.2 Å². The van der Waals surface area contributed by atoms with Crippen molar-refractivity contribution in [2.75, 3.05) is 34.5 Å². The zero-order valence-corrected chi connectivity index (χ0v) is 9.00. The van der Waals surface area contributed by atoms with Gasteiger partial charge in [0.2, 0.25) is 6.73 Å². The van der Waals surface area contributed by atoms with E-state index in [9.17, 15) is 4.79 Å². The number of unbranched alkanes of at least 4 members (excludes halogenated alkanes) is 1. The van der Waals surface area contributed by atoms with Gasteiger partial charge in [-0.3, -0.25) is 4.48 Å². The molecule has 0 amide bonds. The van der Waals surface area contributed by atoms with Gasteiger partial charge in [0, 0.05) is 0 Å². The molecule has 0 rings (SSSR count). The lowest BCUT2D eigenvalue weighted by atomic mass is 10.3. The van der Waals surface area contributed by atoms with E-state index >= 15 is 0 Å². The summed E-state index contributed by atoms with van der Waals surface area (Å²) in [6.45, 7) is 3.52. The zero-order chi connectivity index (χ0) is 10.3. The highest BCUT2D eigenvalue weighted by atomic mass is 16.7. The molecule has 0 saturated carbocycles. The Morgan fingerprint density at radius 3 is 2.46 bits per heavy atom. The number of quaternary nitrogens is 1. The Kier molecular flexibility index (Phi) is 5.46. The van der Waals surface area contributed by atoms with E-state index < -0.39 is 6.16 Å². The molecule has 0 spiro atoms. The van der Waals surface area contributed by atoms with Crippen molar-refractivity contribution in [3.63, 3.8) is 0 Å². The summed E-state index contributed by atoms with van der Waals surface area (Å²) in [4.78, 5) is 10.7. The van der Waals surface area contributed by atoms with Gasteiger partial charge in [0.1, 0.15) is 0 Å². The number of hydrogen-bond donors (Lipinski definition) is 0. The standard InChI is InChI=1S/C9H20NO3/c1-5-6-7-10(2,3)8-13-9(11)12-4/h5-8H2,1-4H3/q+1. The number of hydrogen-bond acceptors (Lipinski definition) is 3. The van der Waals surface area contributed by atoms with Crippen molar-refractivity contribution in [1.29, 1.82) is 0 Å². The van der Waals surface area contributed by atoms with Gasteiger partial charge in [-0.25, -0.2) is 4.79 Å². The van der Waals surface area contributed by atoms with Crippen LogP contribution in [0.3, 0.4) is 0 Å². The average Bonchev–Trinajstić information content (AvgIpc) is 2.11. The van der Waals surface area contributed by atoms with Crippen molar-refractivity contribution < 1.29 is 18.8 Å². The lowest BCUT2D eigenvalue weighted by Gasteiger charge is -2.28. The second-order valence-electron chi connectivity index (χ2n) is 3.74. The minimum absolute atomic E-state index is 0.368. The summed E-state index contributed by atoms with van der Waals surface area (Å²) in [6.07, 6.45) is 1.68. The zero-order valence-electron chi connectivity index (χ0n) is 9.00. The molecule has 0 atom stereocenters. The van der Waals surface area contributed by atoms with Crippen molar-refractivity contribution in [1.82, 2.24) is 0 Å². The van der Waals surface area contributed by atoms with Crippen LogP contribution < -0.4 is 0 Å². The molecular weight excluding hydrogens is 170 g/mol. The van der Waals surface area contributed by atoms with E-state index in [-0.39, 0.29) is 0 Å². The molecule has 78 valence electrons. The van der Waals surface area contributed by atoms with Crippen molar-refractivity contribution in [2.45, 2.75) is 19.8 Å². The molecule has 0 aliphatic heterocycles. The van der Waals surface area contributed by atoms with Crippen LogP contribution in [0, 0.1) is 0 Å². The Morgan fingerprint density at radius 2 is 2.00 bits per heavy atom. The number of carbonyl (C=O) groups excluding carboxylic acids is 1. The first-order chi connectivity index (χ1) is 6.02. The monoisotopic (exact) mass is 190 g/mol. The van der Waals surface area contributed by atoms with Gasteiger partial charge in [-0.15, -0.1) is 0 Å². The van der Waals surface area contributed by atoms with Gasteiger partial charge < -0.3 is 9.47 Å². The molecule has 0 aliphatic carbocycles. The first kappa shape index (κ1) is 12.2. The highest BCUT2D eigenvalue weighted by Crippen LogP contribution is 2.02. The van der Waals surface area contributed by atoms with Gasteiger partial charge in [0.25, 0.3) is 0 Å². The molecule has 0 N–H and O–H groups in total. The summed E-state index contributed by atoms with van der Waals surface area (Å²) in [5.41, 5.74) is 0. The first-order valence-corrected chi connectivity index (χ1v) is 4.54. The maximum absolute atomic E-state index is 10.7. The third-order valence-electron chi connectivity index (χ3n) is 1.82. The molecule has 0 unspecified atom stereocenters. The van der Waals surface area contributed by atoms with Crippen LogP contribution in [0.25, 0.3) is 0 Å². The van der Waals surface area contributed by atoms with Crippen molar-refractivity contribution in [2.24, 2.45) is 0 Å². The van der Waals surface area contributed by atoms with Gasteiger partial charge >= 0.3 is 6.16 Å². The molecule has 0 aromatic rings. The molecule has 0 heterocycles. The van der Waals surface area contributed by atoms with Crippen LogP contribution in [-0.2, 0) is 9.47 Å². The summed E-state index contributed by atoms with van der Waals surface area (Å²) in [5, 5.41) is 0. The summed E-state index contributed by atoms with van der Waals surface area (Å²) in [6, 6.07) is 0. The molecule has 0 bridgehead atoms. The minimum atomic E-state index is -0.609. The average molecular weight is 190 g/mol. The fraction of sp³-hybridized carbons (Fsp3) is 0.889. The molecule has 0 fully saturated rings. The highest BCUT2D eigenvalue weighted by Gasteiger charge is 2.16. The summed E-state index contributed by atoms with van der Waals surface area (Å²) >= 11 is 0. The van der Waals surface area contributed by atoms with Crippen molar-refractivity contribution in [3.05, 3.63) is 0 Å². The van der Waals surface area contributed by atoms with E-state index in [0.717, 1.165) is 19.4 Å². The molecule has 4 heteroatoms. The fourth-order valence-corrected chi connectivity index (χ4v) is 0.937. The number of carbonyl (C=O) groups is 1. The SMILES string of the molecule is CCCC[N+](C)(C)COC(=O)OC. The van der Waals surface area contributed by atoms with Gasteiger partial charge in [0.05, 0.1) is 27.7 Å². The van der Waals surface area contributed by atoms with Crippen LogP contribution in [0.4, 0.5) is 4.79 Å². The van der Waals surface area contributed by atoms with Crippen LogP contribution >= 0.6 is 0 Å². The summed E-state index contributed by atoms with van der Waals surface area (Å²) in [5.74, 6) is 0. The van der Waals surface area contributed by atoms with E-state index in [1.165, 1.54) is 7.11 Å². The van der Waals surface area contributed by atoms with Crippen LogP contribution in [0.15, 0.2) is 0 Å². The number of rotatable bonds is 5. The molecule has 0 aromatic carbocycles. The Morgan fingerprint density at radius 1 is 1.38 bits per heavy atom. The highest BCUT2D eigenvalue weighted by molar-refractivity contribution is 5.59. The molecule has 0 radical (unpaired) electrons. The number of ether oxygens (including phenoxy) is 2. The predicted octanol–water partition coefficient (Wildman–Crippen LogP) is 1.60. The smallest absolute Gasteiger partial charge is 0.437 e. The molecule has 0 saturated heterocycles. The Hall–Kier alpha value is -0.770. The van der Waals surface area contributed by atoms with Gasteiger partial charge in [-0.1, -0.05) is 13.3 Å². The first-order valence-electron chi connectivity index (χ1n) is 4.54. The summed E-state index contributed by atoms with van der Waals surface area (Å²) < 4.78 is 9.93. The number of methoxy groups -OCH3 is 1. The predicted molar refractivity (Wildman–Crippen MR) is 50.2 cm³/mol. The van der Waals surface area contributed by atoms with E-state index in [2.05, 4.69) is 11.7 Å². The molecule has 0 aliphatic rings. The largest absolute Gasteiger partial charge is 0.512 e. The van der Waals surface area contributed by atoms with Crippen LogP contribution in [-0.4, -0.2) is 45.1 Å². The topological polar surface area (TPSA) is 35.5 Å². The fourth-order valence-electron chi connectivity index (χ4n) is 0.937. The van der Waals surface area contributed by atoms with E-state index in [1.807, 2.05) is 14.1 Å². The minimum Gasteiger partial charge on any atom is -0.437 e. The van der Waals surface area contributed by atoms with Crippen LogP contribution in [0.5, 0.6) is 0 Å². The maximum Gasteiger partial charge on any atom is 0.512 e. The number of nitrogens with zero attached hydrogens (tertiary/aromatic N) is 1. The quantitative estimate of drug-likeness (QED) is 0.375. The third-order valence-corrected chi connectivity index (χ3v) is 1.82. The molecule has 13 heavy (non-hydrogen) atoms. The lowest BCUT2D eigenvalue weighted by molar-refractivity contribution is -0.907. The third kappa shape index (κ3) is 6.40. The van der Waals surface area contributed by atoms with Gasteiger partial charge in [-0.05, 0) is 6.42 Å². The summed E-state index contributed by atoms with van der Waals surface area (Å²) in [7, 11) is 5.37. The Bertz CT molecular complexity index is 157. The van der Waals surface area contributed by atoms with Crippen molar-refractivity contribution >= 4 is 6.16 Å². The van der Waals surface area contributed by atoms with Crippen LogP contribution in [0.2, 0.25) is 0 Å². The second kappa shape index (κ2) is 5.80. The lowest BCUT2D eigenvalue weighted by Crippen LogP contribution is -2.43. The molecular formula is C9H20NO3+. The Balaban J connectivity index is 3.67. The van der Waals surface area contributed by atoms with Crippen LogP contribution in [0.1, 0.15) is 19.8 Å². The Labute approximate surface area is 80.0 Å². The van der Waals surface area contributed by atoms with Gasteiger partial charge in [0.15, 0.2) is 0 Å². The second-order valence-corrected chi connectivity index (χ2v) is 3.74. The van der Waals surface area contributed by atoms with E-state index in [1.54, 1.807) is 0 Å². The molecule has 0 aromatic heterocycles.